The smallest absolute Gasteiger partial charge is 0.144 e. The highest BCUT2D eigenvalue weighted by molar-refractivity contribution is 7.15. The third-order valence-corrected chi connectivity index (χ3v) is 4.03. The van der Waals surface area contributed by atoms with E-state index in [2.05, 4.69) is 15.0 Å². The summed E-state index contributed by atoms with van der Waals surface area (Å²) in [5.41, 5.74) is 8.07. The summed E-state index contributed by atoms with van der Waals surface area (Å²) >= 11 is 1.66. The Bertz CT molecular complexity index is 494. The van der Waals surface area contributed by atoms with Gasteiger partial charge in [0, 0.05) is 23.3 Å². The van der Waals surface area contributed by atoms with Gasteiger partial charge in [-0.25, -0.2) is 4.98 Å². The lowest BCUT2D eigenvalue weighted by Crippen LogP contribution is -2.15. The predicted octanol–water partition coefficient (Wildman–Crippen LogP) is 1.94. The van der Waals surface area contributed by atoms with Gasteiger partial charge in [-0.15, -0.1) is 11.3 Å². The molecule has 1 unspecified atom stereocenters. The topological polar surface area (TPSA) is 64.7 Å². The van der Waals surface area contributed by atoms with E-state index in [-0.39, 0.29) is 6.04 Å². The fourth-order valence-corrected chi connectivity index (χ4v) is 3.08. The van der Waals surface area contributed by atoms with Gasteiger partial charge in [0.05, 0.1) is 11.9 Å². The molecule has 0 bridgehead atoms. The molecule has 2 heterocycles. The molecule has 1 atom stereocenters. The standard InChI is InChI=1S/C11H12N4S/c12-7-2-1-3-8-10(7)16-11(15-8)9-6-13-4-5-14-9/h4-7H,1-3,12H2. The van der Waals surface area contributed by atoms with Crippen molar-refractivity contribution < 1.29 is 0 Å². The molecule has 2 N–H and O–H groups in total. The maximum Gasteiger partial charge on any atom is 0.144 e. The molecule has 5 heteroatoms. The molecule has 2 aromatic heterocycles. The molecule has 2 aromatic rings. The molecule has 0 amide bonds. The van der Waals surface area contributed by atoms with Crippen LogP contribution in [0.2, 0.25) is 0 Å². The molecule has 0 radical (unpaired) electrons. The number of aromatic nitrogens is 3. The van der Waals surface area contributed by atoms with Crippen LogP contribution in [0.25, 0.3) is 10.7 Å². The molecule has 0 fully saturated rings. The minimum Gasteiger partial charge on any atom is -0.323 e. The molecule has 1 aliphatic carbocycles. The van der Waals surface area contributed by atoms with Crippen LogP contribution >= 0.6 is 11.3 Å². The molecule has 3 rings (SSSR count). The van der Waals surface area contributed by atoms with E-state index in [1.54, 1.807) is 29.9 Å². The maximum atomic E-state index is 6.07. The molecule has 0 aromatic carbocycles. The quantitative estimate of drug-likeness (QED) is 0.816. The van der Waals surface area contributed by atoms with Gasteiger partial charge in [-0.3, -0.25) is 9.97 Å². The summed E-state index contributed by atoms with van der Waals surface area (Å²) < 4.78 is 0. The van der Waals surface area contributed by atoms with Crippen molar-refractivity contribution in [2.24, 2.45) is 5.73 Å². The van der Waals surface area contributed by atoms with Crippen molar-refractivity contribution in [1.29, 1.82) is 0 Å². The summed E-state index contributed by atoms with van der Waals surface area (Å²) in [6, 6.07) is 0.159. The van der Waals surface area contributed by atoms with E-state index in [9.17, 15) is 0 Å². The van der Waals surface area contributed by atoms with E-state index in [0.29, 0.717) is 0 Å². The molecule has 0 saturated heterocycles. The normalized spacial score (nSPS) is 19.4. The maximum absolute atomic E-state index is 6.07. The third kappa shape index (κ3) is 1.62. The van der Waals surface area contributed by atoms with Gasteiger partial charge in [0.25, 0.3) is 0 Å². The van der Waals surface area contributed by atoms with Crippen molar-refractivity contribution in [3.05, 3.63) is 29.2 Å². The zero-order valence-corrected chi connectivity index (χ0v) is 9.57. The number of aryl methyl sites for hydroxylation is 1. The first-order chi connectivity index (χ1) is 7.84. The second kappa shape index (κ2) is 3.92. The highest BCUT2D eigenvalue weighted by Crippen LogP contribution is 2.35. The lowest BCUT2D eigenvalue weighted by molar-refractivity contribution is 0.573. The molecule has 0 spiro atoms. The SMILES string of the molecule is NC1CCCc2nc(-c3cnccn3)sc21. The number of hydrogen-bond donors (Lipinski definition) is 1. The van der Waals surface area contributed by atoms with Crippen molar-refractivity contribution in [2.45, 2.75) is 25.3 Å². The first-order valence-corrected chi connectivity index (χ1v) is 6.18. The van der Waals surface area contributed by atoms with E-state index in [1.807, 2.05) is 0 Å². The zero-order valence-electron chi connectivity index (χ0n) is 8.76. The van der Waals surface area contributed by atoms with Crippen LogP contribution in [0, 0.1) is 0 Å². The fraction of sp³-hybridized carbons (Fsp3) is 0.364. The average molecular weight is 232 g/mol. The average Bonchev–Trinajstić information content (AvgIpc) is 2.76. The minimum atomic E-state index is 0.159. The lowest BCUT2D eigenvalue weighted by Gasteiger charge is -2.15. The van der Waals surface area contributed by atoms with Crippen LogP contribution in [0.4, 0.5) is 0 Å². The Morgan fingerprint density at radius 1 is 1.38 bits per heavy atom. The number of rotatable bonds is 1. The summed E-state index contributed by atoms with van der Waals surface area (Å²) in [6.07, 6.45) is 8.35. The minimum absolute atomic E-state index is 0.159. The Hall–Kier alpha value is -1.33. The Balaban J connectivity index is 2.05. The van der Waals surface area contributed by atoms with Crippen LogP contribution in [-0.4, -0.2) is 15.0 Å². The van der Waals surface area contributed by atoms with Gasteiger partial charge in [0.1, 0.15) is 10.7 Å². The van der Waals surface area contributed by atoms with Crippen molar-refractivity contribution in [3.63, 3.8) is 0 Å². The first-order valence-electron chi connectivity index (χ1n) is 5.36. The number of hydrogen-bond acceptors (Lipinski definition) is 5. The number of fused-ring (bicyclic) bond motifs is 1. The molecule has 82 valence electrons. The van der Waals surface area contributed by atoms with Crippen molar-refractivity contribution in [1.82, 2.24) is 15.0 Å². The number of nitrogens with zero attached hydrogens (tertiary/aromatic N) is 3. The fourth-order valence-electron chi connectivity index (χ4n) is 1.97. The predicted molar refractivity (Wildman–Crippen MR) is 63.0 cm³/mol. The molecule has 0 saturated carbocycles. The lowest BCUT2D eigenvalue weighted by atomic mass is 9.99. The van der Waals surface area contributed by atoms with Gasteiger partial charge < -0.3 is 5.73 Å². The van der Waals surface area contributed by atoms with E-state index >= 15 is 0 Å². The molecule has 4 nitrogen and oxygen atoms in total. The molecular weight excluding hydrogens is 220 g/mol. The Kier molecular flexibility index (Phi) is 2.41. The number of thiazole rings is 1. The van der Waals surface area contributed by atoms with E-state index in [1.165, 1.54) is 4.88 Å². The Morgan fingerprint density at radius 2 is 2.31 bits per heavy atom. The third-order valence-electron chi connectivity index (χ3n) is 2.78. The van der Waals surface area contributed by atoms with E-state index in [4.69, 9.17) is 5.73 Å². The van der Waals surface area contributed by atoms with Gasteiger partial charge >= 0.3 is 0 Å². The largest absolute Gasteiger partial charge is 0.323 e. The zero-order chi connectivity index (χ0) is 11.0. The van der Waals surface area contributed by atoms with Gasteiger partial charge in [-0.1, -0.05) is 0 Å². The van der Waals surface area contributed by atoms with Crippen molar-refractivity contribution in [2.75, 3.05) is 0 Å². The van der Waals surface area contributed by atoms with Crippen LogP contribution in [0.5, 0.6) is 0 Å². The molecule has 1 aliphatic rings. The second-order valence-corrected chi connectivity index (χ2v) is 4.95. The van der Waals surface area contributed by atoms with E-state index < -0.39 is 0 Å². The summed E-state index contributed by atoms with van der Waals surface area (Å²) in [6.45, 7) is 0. The van der Waals surface area contributed by atoms with Gasteiger partial charge in [-0.2, -0.15) is 0 Å². The van der Waals surface area contributed by atoms with Crippen LogP contribution < -0.4 is 5.73 Å². The van der Waals surface area contributed by atoms with Crippen LogP contribution in [-0.2, 0) is 6.42 Å². The Morgan fingerprint density at radius 3 is 3.06 bits per heavy atom. The monoisotopic (exact) mass is 232 g/mol. The van der Waals surface area contributed by atoms with Gasteiger partial charge in [0.2, 0.25) is 0 Å². The van der Waals surface area contributed by atoms with Gasteiger partial charge in [0.15, 0.2) is 0 Å². The number of nitrogens with two attached hydrogens (primary N) is 1. The van der Waals surface area contributed by atoms with Crippen LogP contribution in [0.1, 0.15) is 29.5 Å². The van der Waals surface area contributed by atoms with Crippen molar-refractivity contribution >= 4 is 11.3 Å². The second-order valence-electron chi connectivity index (χ2n) is 3.92. The molecule has 16 heavy (non-hydrogen) atoms. The highest BCUT2D eigenvalue weighted by atomic mass is 32.1. The highest BCUT2D eigenvalue weighted by Gasteiger charge is 2.22. The summed E-state index contributed by atoms with van der Waals surface area (Å²) in [7, 11) is 0. The Labute approximate surface area is 97.6 Å². The summed E-state index contributed by atoms with van der Waals surface area (Å²) in [5, 5.41) is 0.940. The summed E-state index contributed by atoms with van der Waals surface area (Å²) in [5.74, 6) is 0. The van der Waals surface area contributed by atoms with Crippen LogP contribution in [0.15, 0.2) is 18.6 Å². The first kappa shape index (κ1) is 9.86. The summed E-state index contributed by atoms with van der Waals surface area (Å²) in [4.78, 5) is 14.2. The van der Waals surface area contributed by atoms with E-state index in [0.717, 1.165) is 35.7 Å². The van der Waals surface area contributed by atoms with Crippen molar-refractivity contribution in [3.8, 4) is 10.7 Å². The van der Waals surface area contributed by atoms with Gasteiger partial charge in [-0.05, 0) is 19.3 Å². The molecular formula is C11H12N4S. The van der Waals surface area contributed by atoms with Crippen LogP contribution in [0.3, 0.4) is 0 Å². The molecule has 0 aliphatic heterocycles.